The molecule has 0 atom stereocenters. The molecule has 0 spiro atoms. The van der Waals surface area contributed by atoms with E-state index < -0.39 is 15.6 Å². The highest BCUT2D eigenvalue weighted by atomic mass is 32.2. The van der Waals surface area contributed by atoms with E-state index in [0.717, 1.165) is 0 Å². The third-order valence-corrected chi connectivity index (χ3v) is 4.44. The standard InChI is InChI=1S/C14H21NO5S/c1-14(2,10-19-3)15-21(17,18)12-7-5-11(6-8-12)9-13(16)20-4/h5-8,15H,9-10H2,1-4H3. The summed E-state index contributed by atoms with van der Waals surface area (Å²) in [6.07, 6.45) is 0.111. The summed E-state index contributed by atoms with van der Waals surface area (Å²) in [4.78, 5) is 11.3. The van der Waals surface area contributed by atoms with Crippen molar-refractivity contribution in [2.75, 3.05) is 20.8 Å². The van der Waals surface area contributed by atoms with Gasteiger partial charge in [0.05, 0.1) is 30.6 Å². The van der Waals surface area contributed by atoms with Crippen LogP contribution in [0.15, 0.2) is 29.2 Å². The first-order valence-electron chi connectivity index (χ1n) is 6.39. The first-order valence-corrected chi connectivity index (χ1v) is 7.87. The quantitative estimate of drug-likeness (QED) is 0.762. The van der Waals surface area contributed by atoms with Crippen molar-refractivity contribution in [1.29, 1.82) is 0 Å². The highest BCUT2D eigenvalue weighted by Crippen LogP contribution is 2.15. The number of carbonyl (C=O) groups is 1. The molecule has 0 radical (unpaired) electrons. The lowest BCUT2D eigenvalue weighted by molar-refractivity contribution is -0.139. The van der Waals surface area contributed by atoms with E-state index in [2.05, 4.69) is 9.46 Å². The Morgan fingerprint density at radius 3 is 2.24 bits per heavy atom. The van der Waals surface area contributed by atoms with Gasteiger partial charge in [0.25, 0.3) is 0 Å². The maximum atomic E-state index is 12.3. The number of hydrogen-bond donors (Lipinski definition) is 1. The lowest BCUT2D eigenvalue weighted by Crippen LogP contribution is -2.46. The smallest absolute Gasteiger partial charge is 0.309 e. The van der Waals surface area contributed by atoms with E-state index in [4.69, 9.17) is 4.74 Å². The molecule has 0 aliphatic rings. The lowest BCUT2D eigenvalue weighted by Gasteiger charge is -2.24. The van der Waals surface area contributed by atoms with Gasteiger partial charge in [-0.1, -0.05) is 12.1 Å². The molecule has 0 aliphatic carbocycles. The largest absolute Gasteiger partial charge is 0.469 e. The lowest BCUT2D eigenvalue weighted by atomic mass is 10.1. The summed E-state index contributed by atoms with van der Waals surface area (Å²) in [7, 11) is -0.817. The minimum atomic E-state index is -3.64. The molecule has 0 saturated carbocycles. The monoisotopic (exact) mass is 315 g/mol. The molecule has 0 aliphatic heterocycles. The Hall–Kier alpha value is -1.44. The van der Waals surface area contributed by atoms with Crippen LogP contribution >= 0.6 is 0 Å². The minimum absolute atomic E-state index is 0.111. The Labute approximate surface area is 125 Å². The number of methoxy groups -OCH3 is 2. The molecule has 0 bridgehead atoms. The van der Waals surface area contributed by atoms with Crippen LogP contribution in [0.2, 0.25) is 0 Å². The van der Waals surface area contributed by atoms with Crippen LogP contribution in [0.5, 0.6) is 0 Å². The molecule has 1 aromatic carbocycles. The second-order valence-electron chi connectivity index (χ2n) is 5.32. The Kier molecular flexibility index (Phi) is 5.88. The molecule has 21 heavy (non-hydrogen) atoms. The number of sulfonamides is 1. The third kappa shape index (κ3) is 5.45. The van der Waals surface area contributed by atoms with E-state index in [-0.39, 0.29) is 23.9 Å². The van der Waals surface area contributed by atoms with Crippen LogP contribution in [0.3, 0.4) is 0 Å². The minimum Gasteiger partial charge on any atom is -0.469 e. The summed E-state index contributed by atoms with van der Waals surface area (Å²) >= 11 is 0. The fourth-order valence-electron chi connectivity index (χ4n) is 1.84. The Balaban J connectivity index is 2.87. The van der Waals surface area contributed by atoms with Crippen LogP contribution < -0.4 is 4.72 Å². The molecular weight excluding hydrogens is 294 g/mol. The van der Waals surface area contributed by atoms with Gasteiger partial charge in [0.2, 0.25) is 10.0 Å². The second kappa shape index (κ2) is 7.02. The van der Waals surface area contributed by atoms with Crippen molar-refractivity contribution in [3.05, 3.63) is 29.8 Å². The predicted molar refractivity (Wildman–Crippen MR) is 78.4 cm³/mol. The fourth-order valence-corrected chi connectivity index (χ4v) is 3.24. The summed E-state index contributed by atoms with van der Waals surface area (Å²) in [5.74, 6) is -0.370. The van der Waals surface area contributed by atoms with E-state index in [1.54, 1.807) is 26.0 Å². The first kappa shape index (κ1) is 17.6. The number of nitrogens with one attached hydrogen (secondary N) is 1. The van der Waals surface area contributed by atoms with E-state index in [1.165, 1.54) is 26.4 Å². The van der Waals surface area contributed by atoms with Gasteiger partial charge in [0.15, 0.2) is 0 Å². The van der Waals surface area contributed by atoms with Crippen LogP contribution in [0.1, 0.15) is 19.4 Å². The SMILES string of the molecule is COCC(C)(C)NS(=O)(=O)c1ccc(CC(=O)OC)cc1. The zero-order valence-electron chi connectivity index (χ0n) is 12.7. The van der Waals surface area contributed by atoms with E-state index in [1.807, 2.05) is 0 Å². The van der Waals surface area contributed by atoms with Crippen LogP contribution in [0.25, 0.3) is 0 Å². The van der Waals surface area contributed by atoms with Crippen molar-refractivity contribution in [2.24, 2.45) is 0 Å². The highest BCUT2D eigenvalue weighted by molar-refractivity contribution is 7.89. The number of esters is 1. The number of rotatable bonds is 7. The summed E-state index contributed by atoms with van der Waals surface area (Å²) in [6.45, 7) is 3.73. The third-order valence-electron chi connectivity index (χ3n) is 2.73. The van der Waals surface area contributed by atoms with Gasteiger partial charge in [0.1, 0.15) is 0 Å². The zero-order valence-corrected chi connectivity index (χ0v) is 13.5. The summed E-state index contributed by atoms with van der Waals surface area (Å²) < 4.78 is 36.6. The zero-order chi connectivity index (χ0) is 16.1. The molecule has 1 N–H and O–H groups in total. The second-order valence-corrected chi connectivity index (χ2v) is 7.00. The van der Waals surface area contributed by atoms with Gasteiger partial charge in [0, 0.05) is 7.11 Å². The van der Waals surface area contributed by atoms with Crippen molar-refractivity contribution < 1.29 is 22.7 Å². The van der Waals surface area contributed by atoms with Crippen molar-refractivity contribution in [2.45, 2.75) is 30.7 Å². The maximum Gasteiger partial charge on any atom is 0.309 e. The number of hydrogen-bond acceptors (Lipinski definition) is 5. The molecular formula is C14H21NO5S. The molecule has 7 heteroatoms. The topological polar surface area (TPSA) is 81.7 Å². The van der Waals surface area contributed by atoms with Gasteiger partial charge >= 0.3 is 5.97 Å². The molecule has 1 rings (SSSR count). The normalized spacial score (nSPS) is 12.2. The Morgan fingerprint density at radius 1 is 1.19 bits per heavy atom. The van der Waals surface area contributed by atoms with Crippen LogP contribution in [0.4, 0.5) is 0 Å². The van der Waals surface area contributed by atoms with Gasteiger partial charge in [-0.3, -0.25) is 4.79 Å². The van der Waals surface area contributed by atoms with Crippen molar-refractivity contribution >= 4 is 16.0 Å². The van der Waals surface area contributed by atoms with Crippen molar-refractivity contribution in [3.63, 3.8) is 0 Å². The highest BCUT2D eigenvalue weighted by Gasteiger charge is 2.26. The van der Waals surface area contributed by atoms with Gasteiger partial charge in [-0.2, -0.15) is 0 Å². The average molecular weight is 315 g/mol. The first-order chi connectivity index (χ1) is 9.70. The molecule has 0 aromatic heterocycles. The summed E-state index contributed by atoms with van der Waals surface area (Å²) in [6, 6.07) is 6.11. The van der Waals surface area contributed by atoms with E-state index >= 15 is 0 Å². The van der Waals surface area contributed by atoms with E-state index in [9.17, 15) is 13.2 Å². The predicted octanol–water partition coefficient (Wildman–Crippen LogP) is 1.11. The van der Waals surface area contributed by atoms with E-state index in [0.29, 0.717) is 5.56 Å². The molecule has 0 amide bonds. The van der Waals surface area contributed by atoms with Crippen molar-refractivity contribution in [1.82, 2.24) is 4.72 Å². The Bertz CT molecular complexity index is 578. The molecule has 6 nitrogen and oxygen atoms in total. The Morgan fingerprint density at radius 2 is 1.76 bits per heavy atom. The van der Waals surface area contributed by atoms with Crippen LogP contribution in [0, 0.1) is 0 Å². The average Bonchev–Trinajstić information content (AvgIpc) is 2.37. The van der Waals surface area contributed by atoms with Gasteiger partial charge in [-0.05, 0) is 31.5 Å². The van der Waals surface area contributed by atoms with Crippen LogP contribution in [-0.4, -0.2) is 40.8 Å². The van der Waals surface area contributed by atoms with Gasteiger partial charge < -0.3 is 9.47 Å². The van der Waals surface area contributed by atoms with Gasteiger partial charge in [-0.15, -0.1) is 0 Å². The molecule has 0 heterocycles. The number of benzene rings is 1. The maximum absolute atomic E-state index is 12.3. The number of carbonyl (C=O) groups excluding carboxylic acids is 1. The molecule has 1 aromatic rings. The molecule has 0 fully saturated rings. The molecule has 0 unspecified atom stereocenters. The number of ether oxygens (including phenoxy) is 2. The molecule has 118 valence electrons. The van der Waals surface area contributed by atoms with Crippen LogP contribution in [-0.2, 0) is 30.7 Å². The van der Waals surface area contributed by atoms with Crippen molar-refractivity contribution in [3.8, 4) is 0 Å². The summed E-state index contributed by atoms with van der Waals surface area (Å²) in [5, 5.41) is 0. The van der Waals surface area contributed by atoms with Gasteiger partial charge in [-0.25, -0.2) is 13.1 Å². The fraction of sp³-hybridized carbons (Fsp3) is 0.500. The molecule has 0 saturated heterocycles. The summed E-state index contributed by atoms with van der Waals surface area (Å²) in [5.41, 5.74) is -0.0184.